The van der Waals surface area contributed by atoms with Crippen molar-refractivity contribution in [3.05, 3.63) is 42.0 Å². The van der Waals surface area contributed by atoms with Crippen molar-refractivity contribution in [2.45, 2.75) is 18.9 Å². The molecular formula is C14H14O2. The van der Waals surface area contributed by atoms with Crippen LogP contribution in [0.5, 0.6) is 5.75 Å². The Kier molecular flexibility index (Phi) is 1.95. The van der Waals surface area contributed by atoms with Crippen LogP contribution in [0, 0.1) is 0 Å². The van der Waals surface area contributed by atoms with Crippen LogP contribution in [0.1, 0.15) is 12.5 Å². The zero-order valence-corrected chi connectivity index (χ0v) is 9.23. The molecule has 2 aromatic carbocycles. The zero-order chi connectivity index (χ0) is 11.2. The van der Waals surface area contributed by atoms with Crippen molar-refractivity contribution in [1.29, 1.82) is 0 Å². The van der Waals surface area contributed by atoms with Crippen molar-refractivity contribution in [3.63, 3.8) is 0 Å². The van der Waals surface area contributed by atoms with E-state index in [2.05, 4.69) is 13.0 Å². The van der Waals surface area contributed by atoms with E-state index in [0.717, 1.165) is 29.4 Å². The van der Waals surface area contributed by atoms with E-state index < -0.39 is 0 Å². The number of hydrogen-bond donors (Lipinski definition) is 1. The third-order valence-electron chi connectivity index (χ3n) is 3.19. The average molecular weight is 214 g/mol. The number of epoxide rings is 1. The highest BCUT2D eigenvalue weighted by atomic mass is 16.6. The highest BCUT2D eigenvalue weighted by Gasteiger charge is 2.39. The number of hydrogen-bond acceptors (Lipinski definition) is 2. The molecule has 1 fully saturated rings. The summed E-state index contributed by atoms with van der Waals surface area (Å²) in [6.45, 7) is 2.86. The minimum Gasteiger partial charge on any atom is -0.507 e. The van der Waals surface area contributed by atoms with Gasteiger partial charge in [-0.1, -0.05) is 36.4 Å². The summed E-state index contributed by atoms with van der Waals surface area (Å²) in [6, 6.07) is 11.9. The Morgan fingerprint density at radius 3 is 2.75 bits per heavy atom. The lowest BCUT2D eigenvalue weighted by Crippen LogP contribution is -2.08. The fraction of sp³-hybridized carbons (Fsp3) is 0.286. The quantitative estimate of drug-likeness (QED) is 0.780. The first-order valence-electron chi connectivity index (χ1n) is 5.52. The van der Waals surface area contributed by atoms with Gasteiger partial charge in [-0.15, -0.1) is 0 Å². The minimum atomic E-state index is -0.0556. The summed E-state index contributed by atoms with van der Waals surface area (Å²) in [7, 11) is 0. The number of phenolic OH excluding ortho intramolecular Hbond substituents is 1. The van der Waals surface area contributed by atoms with Crippen molar-refractivity contribution in [2.24, 2.45) is 0 Å². The lowest BCUT2D eigenvalue weighted by Gasteiger charge is -2.10. The van der Waals surface area contributed by atoms with Crippen LogP contribution in [0.2, 0.25) is 0 Å². The highest BCUT2D eigenvalue weighted by Crippen LogP contribution is 2.36. The van der Waals surface area contributed by atoms with E-state index in [4.69, 9.17) is 4.74 Å². The number of phenols is 1. The van der Waals surface area contributed by atoms with E-state index in [0.29, 0.717) is 5.75 Å². The largest absolute Gasteiger partial charge is 0.507 e. The fourth-order valence-corrected chi connectivity index (χ4v) is 2.07. The van der Waals surface area contributed by atoms with E-state index in [9.17, 15) is 5.11 Å². The van der Waals surface area contributed by atoms with Crippen LogP contribution in [0.3, 0.4) is 0 Å². The summed E-state index contributed by atoms with van der Waals surface area (Å²) in [5, 5.41) is 12.2. The number of aromatic hydroxyl groups is 1. The Hall–Kier alpha value is -1.54. The van der Waals surface area contributed by atoms with Crippen LogP contribution in [0.4, 0.5) is 0 Å². The minimum absolute atomic E-state index is 0.0556. The maximum Gasteiger partial charge on any atom is 0.126 e. The van der Waals surface area contributed by atoms with Gasteiger partial charge < -0.3 is 9.84 Å². The molecular weight excluding hydrogens is 200 g/mol. The van der Waals surface area contributed by atoms with Gasteiger partial charge in [-0.3, -0.25) is 0 Å². The van der Waals surface area contributed by atoms with Crippen molar-refractivity contribution in [1.82, 2.24) is 0 Å². The van der Waals surface area contributed by atoms with E-state index in [1.165, 1.54) is 0 Å². The van der Waals surface area contributed by atoms with Crippen molar-refractivity contribution >= 4 is 10.8 Å². The van der Waals surface area contributed by atoms with Gasteiger partial charge in [-0.2, -0.15) is 0 Å². The lowest BCUT2D eigenvalue weighted by atomic mass is 9.98. The second-order valence-electron chi connectivity index (χ2n) is 4.71. The van der Waals surface area contributed by atoms with E-state index >= 15 is 0 Å². The van der Waals surface area contributed by atoms with Crippen LogP contribution in [-0.4, -0.2) is 17.3 Å². The van der Waals surface area contributed by atoms with E-state index in [1.807, 2.05) is 30.3 Å². The molecule has 3 rings (SSSR count). The van der Waals surface area contributed by atoms with Gasteiger partial charge in [0.2, 0.25) is 0 Å². The lowest BCUT2D eigenvalue weighted by molar-refractivity contribution is 0.319. The molecule has 0 amide bonds. The molecule has 1 aliphatic rings. The first-order chi connectivity index (χ1) is 7.68. The molecule has 1 unspecified atom stereocenters. The number of rotatable bonds is 2. The Balaban J connectivity index is 2.09. The molecule has 16 heavy (non-hydrogen) atoms. The standard InChI is InChI=1S/C14H14O2/c1-14(9-16-14)8-11-7-6-10-4-2-3-5-12(10)13(11)15/h2-7,15H,8-9H2,1H3. The van der Waals surface area contributed by atoms with Crippen LogP contribution < -0.4 is 0 Å². The van der Waals surface area contributed by atoms with Gasteiger partial charge in [0.25, 0.3) is 0 Å². The summed E-state index contributed by atoms with van der Waals surface area (Å²) in [6.07, 6.45) is 0.781. The summed E-state index contributed by atoms with van der Waals surface area (Å²) in [5.74, 6) is 0.398. The maximum absolute atomic E-state index is 10.2. The molecule has 1 atom stereocenters. The molecule has 82 valence electrons. The third-order valence-corrected chi connectivity index (χ3v) is 3.19. The smallest absolute Gasteiger partial charge is 0.126 e. The fourth-order valence-electron chi connectivity index (χ4n) is 2.07. The van der Waals surface area contributed by atoms with Crippen molar-refractivity contribution in [2.75, 3.05) is 6.61 Å². The Morgan fingerprint density at radius 1 is 1.25 bits per heavy atom. The van der Waals surface area contributed by atoms with Gasteiger partial charge in [0.15, 0.2) is 0 Å². The predicted molar refractivity (Wildman–Crippen MR) is 63.7 cm³/mol. The monoisotopic (exact) mass is 214 g/mol. The molecule has 0 bridgehead atoms. The predicted octanol–water partition coefficient (Wildman–Crippen LogP) is 2.88. The molecule has 1 saturated heterocycles. The molecule has 0 aliphatic carbocycles. The number of benzene rings is 2. The molecule has 1 heterocycles. The molecule has 0 radical (unpaired) electrons. The molecule has 2 aromatic rings. The van der Waals surface area contributed by atoms with Crippen molar-refractivity contribution < 1.29 is 9.84 Å². The number of ether oxygens (including phenoxy) is 1. The molecule has 1 aliphatic heterocycles. The SMILES string of the molecule is CC1(Cc2ccc3ccccc3c2O)CO1. The summed E-state index contributed by atoms with van der Waals surface area (Å²) < 4.78 is 5.36. The molecule has 1 N–H and O–H groups in total. The summed E-state index contributed by atoms with van der Waals surface area (Å²) in [4.78, 5) is 0. The Bertz CT molecular complexity index is 541. The van der Waals surface area contributed by atoms with Gasteiger partial charge in [0.1, 0.15) is 5.75 Å². The highest BCUT2D eigenvalue weighted by molar-refractivity contribution is 5.89. The molecule has 2 heteroatoms. The molecule has 2 nitrogen and oxygen atoms in total. The number of fused-ring (bicyclic) bond motifs is 1. The zero-order valence-electron chi connectivity index (χ0n) is 9.23. The maximum atomic E-state index is 10.2. The van der Waals surface area contributed by atoms with Gasteiger partial charge in [-0.25, -0.2) is 0 Å². The van der Waals surface area contributed by atoms with Gasteiger partial charge in [-0.05, 0) is 17.9 Å². The van der Waals surface area contributed by atoms with Crippen LogP contribution in [-0.2, 0) is 11.2 Å². The van der Waals surface area contributed by atoms with E-state index in [-0.39, 0.29) is 5.60 Å². The van der Waals surface area contributed by atoms with Gasteiger partial charge in [0.05, 0.1) is 12.2 Å². The van der Waals surface area contributed by atoms with E-state index in [1.54, 1.807) is 0 Å². The Morgan fingerprint density at radius 2 is 2.00 bits per heavy atom. The third kappa shape index (κ3) is 1.55. The van der Waals surface area contributed by atoms with Crippen LogP contribution in [0.15, 0.2) is 36.4 Å². The molecule has 0 saturated carbocycles. The first kappa shape index (κ1) is 9.67. The average Bonchev–Trinajstić information content (AvgIpc) is 3.01. The van der Waals surface area contributed by atoms with Crippen LogP contribution in [0.25, 0.3) is 10.8 Å². The normalized spacial score (nSPS) is 23.6. The van der Waals surface area contributed by atoms with Gasteiger partial charge in [0, 0.05) is 11.8 Å². The summed E-state index contributed by atoms with van der Waals surface area (Å²) in [5.41, 5.74) is 0.915. The second kappa shape index (κ2) is 3.22. The van der Waals surface area contributed by atoms with Crippen molar-refractivity contribution in [3.8, 4) is 5.75 Å². The summed E-state index contributed by atoms with van der Waals surface area (Å²) >= 11 is 0. The van der Waals surface area contributed by atoms with Gasteiger partial charge >= 0.3 is 0 Å². The molecule has 0 spiro atoms. The molecule has 0 aromatic heterocycles. The Labute approximate surface area is 94.5 Å². The first-order valence-corrected chi connectivity index (χ1v) is 5.52. The topological polar surface area (TPSA) is 32.8 Å². The second-order valence-corrected chi connectivity index (χ2v) is 4.71. The van der Waals surface area contributed by atoms with Crippen LogP contribution >= 0.6 is 0 Å².